The number of amides is 3. The molecule has 4 heterocycles. The molecular formula is C25H33N5O4S. The smallest absolute Gasteiger partial charge is 0.326 e. The number of piperidine rings is 1. The summed E-state index contributed by atoms with van der Waals surface area (Å²) >= 11 is 1.53. The molecule has 35 heavy (non-hydrogen) atoms. The number of thioether (sulfide) groups is 1. The van der Waals surface area contributed by atoms with Crippen LogP contribution < -0.4 is 31.3 Å². The summed E-state index contributed by atoms with van der Waals surface area (Å²) < 4.78 is 11.5. The third-order valence-corrected chi connectivity index (χ3v) is 9.17. The highest BCUT2D eigenvalue weighted by Crippen LogP contribution is 2.48. The van der Waals surface area contributed by atoms with E-state index in [-0.39, 0.29) is 47.5 Å². The molecule has 10 heteroatoms. The Morgan fingerprint density at radius 1 is 1.14 bits per heavy atom. The number of anilines is 1. The third kappa shape index (κ3) is 4.41. The van der Waals surface area contributed by atoms with Crippen molar-refractivity contribution >= 4 is 29.4 Å². The van der Waals surface area contributed by atoms with Crippen molar-refractivity contribution in [1.82, 2.24) is 16.0 Å². The molecule has 6 rings (SSSR count). The second-order valence-corrected chi connectivity index (χ2v) is 11.2. The van der Waals surface area contributed by atoms with E-state index in [0.29, 0.717) is 4.91 Å². The minimum absolute atomic E-state index is 0.000226. The molecule has 4 fully saturated rings. The van der Waals surface area contributed by atoms with Gasteiger partial charge in [0.2, 0.25) is 0 Å². The van der Waals surface area contributed by atoms with Crippen molar-refractivity contribution in [3.8, 4) is 5.75 Å². The molecule has 1 saturated carbocycles. The van der Waals surface area contributed by atoms with Gasteiger partial charge >= 0.3 is 6.03 Å². The maximum absolute atomic E-state index is 13.4. The molecular weight excluding hydrogens is 466 g/mol. The summed E-state index contributed by atoms with van der Waals surface area (Å²) in [6.07, 6.45) is 5.65. The van der Waals surface area contributed by atoms with Gasteiger partial charge in [0, 0.05) is 42.2 Å². The molecule has 3 unspecified atom stereocenters. The minimum atomic E-state index is -0.189. The van der Waals surface area contributed by atoms with Gasteiger partial charge in [-0.05, 0) is 56.5 Å². The van der Waals surface area contributed by atoms with Gasteiger partial charge in [-0.15, -0.1) is 0 Å². The largest absolute Gasteiger partial charge is 0.490 e. The normalized spacial score (nSPS) is 32.9. The summed E-state index contributed by atoms with van der Waals surface area (Å²) in [5, 5.41) is 9.80. The summed E-state index contributed by atoms with van der Waals surface area (Å²) in [6.45, 7) is 2.26. The van der Waals surface area contributed by atoms with Gasteiger partial charge in [-0.3, -0.25) is 9.69 Å². The monoisotopic (exact) mass is 499 g/mol. The molecule has 5 N–H and O–H groups in total. The molecule has 9 nitrogen and oxygen atoms in total. The first-order valence-corrected chi connectivity index (χ1v) is 13.6. The van der Waals surface area contributed by atoms with E-state index in [1.807, 2.05) is 29.2 Å². The fourth-order valence-electron chi connectivity index (χ4n) is 6.00. The first-order chi connectivity index (χ1) is 17.1. The maximum Gasteiger partial charge on any atom is 0.326 e. The zero-order valence-corrected chi connectivity index (χ0v) is 20.5. The van der Waals surface area contributed by atoms with Crippen molar-refractivity contribution in [2.24, 2.45) is 11.7 Å². The van der Waals surface area contributed by atoms with E-state index in [0.717, 1.165) is 75.4 Å². The van der Waals surface area contributed by atoms with E-state index < -0.39 is 0 Å². The predicted octanol–water partition coefficient (Wildman–Crippen LogP) is 2.03. The van der Waals surface area contributed by atoms with Crippen molar-refractivity contribution < 1.29 is 19.1 Å². The van der Waals surface area contributed by atoms with Gasteiger partial charge in [-0.25, -0.2) is 4.79 Å². The maximum atomic E-state index is 13.4. The van der Waals surface area contributed by atoms with Crippen LogP contribution in [0.4, 0.5) is 10.5 Å². The summed E-state index contributed by atoms with van der Waals surface area (Å²) in [5.41, 5.74) is 7.76. The number of urea groups is 1. The topological polar surface area (TPSA) is 118 Å². The van der Waals surface area contributed by atoms with Gasteiger partial charge in [0.05, 0.1) is 29.5 Å². The van der Waals surface area contributed by atoms with Crippen molar-refractivity contribution in [3.63, 3.8) is 0 Å². The highest BCUT2D eigenvalue weighted by molar-refractivity contribution is 8.04. The van der Waals surface area contributed by atoms with Crippen molar-refractivity contribution in [1.29, 1.82) is 0 Å². The van der Waals surface area contributed by atoms with Crippen LogP contribution in [0, 0.1) is 5.92 Å². The third-order valence-electron chi connectivity index (χ3n) is 7.82. The van der Waals surface area contributed by atoms with Gasteiger partial charge in [-0.2, -0.15) is 0 Å². The Labute approximate surface area is 209 Å². The van der Waals surface area contributed by atoms with Crippen LogP contribution in [0.15, 0.2) is 34.9 Å². The van der Waals surface area contributed by atoms with Crippen molar-refractivity contribution in [2.45, 2.75) is 68.1 Å². The lowest BCUT2D eigenvalue weighted by Gasteiger charge is -2.45. The molecule has 5 aliphatic rings. The Morgan fingerprint density at radius 3 is 2.69 bits per heavy atom. The summed E-state index contributed by atoms with van der Waals surface area (Å²) in [4.78, 5) is 29.0. The Hall–Kier alpha value is -2.27. The van der Waals surface area contributed by atoms with E-state index in [4.69, 9.17) is 15.2 Å². The van der Waals surface area contributed by atoms with Crippen LogP contribution in [0.25, 0.3) is 0 Å². The van der Waals surface area contributed by atoms with Crippen LogP contribution in [0.5, 0.6) is 5.75 Å². The zero-order valence-electron chi connectivity index (χ0n) is 19.7. The lowest BCUT2D eigenvalue weighted by molar-refractivity contribution is -0.117. The number of hydrogen-bond donors (Lipinski definition) is 4. The lowest BCUT2D eigenvalue weighted by atomic mass is 9.86. The summed E-state index contributed by atoms with van der Waals surface area (Å²) in [6, 6.07) is 7.59. The Balaban J connectivity index is 1.21. The molecule has 0 spiro atoms. The molecule has 4 aliphatic heterocycles. The molecule has 0 bridgehead atoms. The van der Waals surface area contributed by atoms with Crippen LogP contribution in [0.2, 0.25) is 0 Å². The molecule has 1 aromatic carbocycles. The number of nitrogens with one attached hydrogen (secondary N) is 3. The number of ether oxygens (including phenoxy) is 2. The fraction of sp³-hybridized carbons (Fsp3) is 0.600. The molecule has 3 saturated heterocycles. The van der Waals surface area contributed by atoms with Crippen LogP contribution in [0.3, 0.4) is 0 Å². The Kier molecular flexibility index (Phi) is 6.38. The number of benzene rings is 1. The average Bonchev–Trinajstić information content (AvgIpc) is 3.44. The number of nitrogens with zero attached hydrogens (tertiary/aromatic N) is 1. The van der Waals surface area contributed by atoms with E-state index in [1.165, 1.54) is 11.8 Å². The number of rotatable bonds is 5. The highest BCUT2D eigenvalue weighted by atomic mass is 32.2. The summed E-state index contributed by atoms with van der Waals surface area (Å²) in [5.74, 6) is 0.718. The van der Waals surface area contributed by atoms with Gasteiger partial charge in [0.15, 0.2) is 0 Å². The molecule has 3 amide bonds. The second kappa shape index (κ2) is 9.65. The van der Waals surface area contributed by atoms with Crippen LogP contribution in [-0.4, -0.2) is 61.3 Å². The molecule has 5 atom stereocenters. The van der Waals surface area contributed by atoms with Crippen LogP contribution >= 0.6 is 11.8 Å². The first kappa shape index (κ1) is 23.1. The van der Waals surface area contributed by atoms with Crippen LogP contribution in [-0.2, 0) is 9.53 Å². The molecule has 188 valence electrons. The highest BCUT2D eigenvalue weighted by Gasteiger charge is 2.51. The fourth-order valence-corrected chi connectivity index (χ4v) is 7.40. The van der Waals surface area contributed by atoms with E-state index >= 15 is 0 Å². The minimum Gasteiger partial charge on any atom is -0.490 e. The Bertz CT molecular complexity index is 1010. The number of hydrogen-bond acceptors (Lipinski definition) is 7. The molecule has 0 aromatic heterocycles. The van der Waals surface area contributed by atoms with E-state index in [2.05, 4.69) is 16.0 Å². The predicted molar refractivity (Wildman–Crippen MR) is 134 cm³/mol. The van der Waals surface area contributed by atoms with E-state index in [9.17, 15) is 9.59 Å². The van der Waals surface area contributed by atoms with E-state index in [1.54, 1.807) is 0 Å². The van der Waals surface area contributed by atoms with Crippen molar-refractivity contribution in [2.75, 3.05) is 24.7 Å². The number of carbonyl (C=O) groups excluding carboxylic acids is 2. The van der Waals surface area contributed by atoms with Gasteiger partial charge in [0.25, 0.3) is 5.91 Å². The molecule has 0 radical (unpaired) electrons. The quantitative estimate of drug-likeness (QED) is 0.490. The van der Waals surface area contributed by atoms with Crippen molar-refractivity contribution in [3.05, 3.63) is 34.9 Å². The molecule has 1 aliphatic carbocycles. The Morgan fingerprint density at radius 2 is 1.94 bits per heavy atom. The zero-order chi connectivity index (χ0) is 23.9. The lowest BCUT2D eigenvalue weighted by Crippen LogP contribution is -2.62. The standard InChI is InChI=1S/C25H33N5O4S/c26-17-2-1-3-18(17)28-23(31)22-21-20-19(8-11-27-24(20)35-22)30(25(32)29-21)14-4-6-15(7-5-14)34-16-9-12-33-13-10-16/h4-7,16-20,24,27H,1-3,8-13,26H2,(H,28,31)(H,29,32)/t17-,18+,19?,20?,24?/m0/s1. The van der Waals surface area contributed by atoms with Gasteiger partial charge < -0.3 is 31.2 Å². The van der Waals surface area contributed by atoms with Gasteiger partial charge in [-0.1, -0.05) is 11.8 Å². The number of nitrogens with two attached hydrogens (primary N) is 1. The number of carbonyl (C=O) groups is 2. The molecule has 1 aromatic rings. The van der Waals surface area contributed by atoms with Gasteiger partial charge in [0.1, 0.15) is 11.9 Å². The summed E-state index contributed by atoms with van der Waals surface area (Å²) in [7, 11) is 0. The van der Waals surface area contributed by atoms with Crippen LogP contribution in [0.1, 0.15) is 38.5 Å². The SMILES string of the molecule is N[C@H]1CCC[C@H]1NC(=O)C1=C2NC(=O)N(c3ccc(OC4CCOCC4)cc3)C3CCNC(S1)C23. The second-order valence-electron chi connectivity index (χ2n) is 10.0. The first-order valence-electron chi connectivity index (χ1n) is 12.7. The average molecular weight is 500 g/mol.